The number of carbonyl (C=O) groups excluding carboxylic acids is 2. The molecular formula is C18H28N2O3. The van der Waals surface area contributed by atoms with Crippen molar-refractivity contribution in [1.82, 2.24) is 5.32 Å². The lowest BCUT2D eigenvalue weighted by molar-refractivity contribution is -0.145. The summed E-state index contributed by atoms with van der Waals surface area (Å²) >= 11 is 0. The molecule has 1 rings (SSSR count). The van der Waals surface area contributed by atoms with Gasteiger partial charge >= 0.3 is 12.0 Å². The van der Waals surface area contributed by atoms with Crippen LogP contribution in [0.3, 0.4) is 0 Å². The van der Waals surface area contributed by atoms with Gasteiger partial charge in [-0.3, -0.25) is 0 Å². The number of rotatable bonds is 7. The van der Waals surface area contributed by atoms with Gasteiger partial charge in [0, 0.05) is 5.69 Å². The van der Waals surface area contributed by atoms with E-state index in [1.54, 1.807) is 6.92 Å². The van der Waals surface area contributed by atoms with Gasteiger partial charge in [-0.05, 0) is 45.2 Å². The predicted molar refractivity (Wildman–Crippen MR) is 92.8 cm³/mol. The zero-order valence-corrected chi connectivity index (χ0v) is 14.8. The van der Waals surface area contributed by atoms with E-state index in [0.717, 1.165) is 35.2 Å². The Kier molecular flexibility index (Phi) is 7.59. The van der Waals surface area contributed by atoms with E-state index in [4.69, 9.17) is 4.74 Å². The van der Waals surface area contributed by atoms with Crippen molar-refractivity contribution < 1.29 is 14.3 Å². The van der Waals surface area contributed by atoms with Crippen molar-refractivity contribution in [1.29, 1.82) is 0 Å². The van der Waals surface area contributed by atoms with Crippen molar-refractivity contribution >= 4 is 17.7 Å². The highest BCUT2D eigenvalue weighted by molar-refractivity contribution is 5.93. The molecule has 5 heteroatoms. The van der Waals surface area contributed by atoms with Crippen molar-refractivity contribution in [2.75, 3.05) is 11.9 Å². The average molecular weight is 320 g/mol. The molecule has 1 aromatic carbocycles. The van der Waals surface area contributed by atoms with E-state index in [-0.39, 0.29) is 12.0 Å². The Morgan fingerprint density at radius 1 is 1.13 bits per heavy atom. The lowest BCUT2D eigenvalue weighted by Crippen LogP contribution is -2.44. The third-order valence-electron chi connectivity index (χ3n) is 3.64. The molecule has 0 fully saturated rings. The van der Waals surface area contributed by atoms with Crippen LogP contribution in [-0.2, 0) is 9.53 Å². The van der Waals surface area contributed by atoms with Gasteiger partial charge in [0.15, 0.2) is 0 Å². The molecule has 1 unspecified atom stereocenters. The molecule has 1 atom stereocenters. The van der Waals surface area contributed by atoms with Crippen molar-refractivity contribution in [3.63, 3.8) is 0 Å². The second-order valence-electron chi connectivity index (χ2n) is 5.82. The molecule has 128 valence electrons. The number of unbranched alkanes of at least 4 members (excludes halogenated alkanes) is 1. The van der Waals surface area contributed by atoms with Crippen LogP contribution in [0.2, 0.25) is 0 Å². The van der Waals surface area contributed by atoms with E-state index < -0.39 is 6.04 Å². The molecule has 5 nitrogen and oxygen atoms in total. The first kappa shape index (κ1) is 19.0. The minimum absolute atomic E-state index is 0.306. The summed E-state index contributed by atoms with van der Waals surface area (Å²) in [7, 11) is 0. The Balaban J connectivity index is 2.77. The standard InChI is InChI=1S/C18H28N2O3/c1-6-8-9-15(17(21)23-7-2)19-18(22)20-16-13(4)10-12(3)11-14(16)5/h10-11,15H,6-9H2,1-5H3,(H2,19,20,22). The number of amides is 2. The van der Waals surface area contributed by atoms with Crippen LogP contribution in [0.5, 0.6) is 0 Å². The predicted octanol–water partition coefficient (Wildman–Crippen LogP) is 3.86. The number of nitrogens with one attached hydrogen (secondary N) is 2. The van der Waals surface area contributed by atoms with E-state index in [1.165, 1.54) is 0 Å². The fourth-order valence-electron chi connectivity index (χ4n) is 2.59. The number of esters is 1. The topological polar surface area (TPSA) is 67.4 Å². The number of anilines is 1. The smallest absolute Gasteiger partial charge is 0.328 e. The van der Waals surface area contributed by atoms with Gasteiger partial charge in [-0.15, -0.1) is 0 Å². The Morgan fingerprint density at radius 2 is 1.74 bits per heavy atom. The van der Waals surface area contributed by atoms with Gasteiger partial charge in [-0.25, -0.2) is 9.59 Å². The second-order valence-corrected chi connectivity index (χ2v) is 5.82. The third kappa shape index (κ3) is 5.93. The van der Waals surface area contributed by atoms with Gasteiger partial charge < -0.3 is 15.4 Å². The van der Waals surface area contributed by atoms with Gasteiger partial charge in [-0.2, -0.15) is 0 Å². The SMILES string of the molecule is CCCCC(NC(=O)Nc1c(C)cc(C)cc1C)C(=O)OCC. The molecule has 0 aliphatic rings. The normalized spacial score (nSPS) is 11.7. The second kappa shape index (κ2) is 9.18. The quantitative estimate of drug-likeness (QED) is 0.750. The highest BCUT2D eigenvalue weighted by Gasteiger charge is 2.21. The van der Waals surface area contributed by atoms with E-state index in [9.17, 15) is 9.59 Å². The molecule has 0 saturated carbocycles. The zero-order chi connectivity index (χ0) is 17.4. The monoisotopic (exact) mass is 320 g/mol. The summed E-state index contributed by atoms with van der Waals surface area (Å²) in [4.78, 5) is 24.2. The number of benzene rings is 1. The first-order valence-electron chi connectivity index (χ1n) is 8.21. The van der Waals surface area contributed by atoms with Crippen LogP contribution in [0.25, 0.3) is 0 Å². The summed E-state index contributed by atoms with van der Waals surface area (Å²) in [6.45, 7) is 10.0. The van der Waals surface area contributed by atoms with E-state index in [2.05, 4.69) is 10.6 Å². The lowest BCUT2D eigenvalue weighted by Gasteiger charge is -2.19. The molecule has 0 bridgehead atoms. The largest absolute Gasteiger partial charge is 0.464 e. The van der Waals surface area contributed by atoms with Gasteiger partial charge in [0.1, 0.15) is 6.04 Å². The number of ether oxygens (including phenoxy) is 1. The molecule has 1 aromatic rings. The molecule has 0 radical (unpaired) electrons. The maximum Gasteiger partial charge on any atom is 0.328 e. The molecule has 0 aliphatic carbocycles. The number of aryl methyl sites for hydroxylation is 3. The van der Waals surface area contributed by atoms with E-state index in [0.29, 0.717) is 13.0 Å². The highest BCUT2D eigenvalue weighted by Crippen LogP contribution is 2.21. The summed E-state index contributed by atoms with van der Waals surface area (Å²) in [5, 5.41) is 5.58. The molecule has 0 spiro atoms. The average Bonchev–Trinajstić information content (AvgIpc) is 2.47. The van der Waals surface area contributed by atoms with Gasteiger partial charge in [0.05, 0.1) is 6.61 Å². The first-order chi connectivity index (χ1) is 10.9. The van der Waals surface area contributed by atoms with E-state index >= 15 is 0 Å². The number of hydrogen-bond donors (Lipinski definition) is 2. The Labute approximate surface area is 138 Å². The molecule has 0 heterocycles. The molecule has 23 heavy (non-hydrogen) atoms. The van der Waals surface area contributed by atoms with Crippen molar-refractivity contribution in [3.05, 3.63) is 28.8 Å². The van der Waals surface area contributed by atoms with Crippen LogP contribution in [0.1, 0.15) is 49.8 Å². The van der Waals surface area contributed by atoms with Gasteiger partial charge in [-0.1, -0.05) is 37.5 Å². The van der Waals surface area contributed by atoms with Crippen molar-refractivity contribution in [3.8, 4) is 0 Å². The van der Waals surface area contributed by atoms with Gasteiger partial charge in [0.2, 0.25) is 0 Å². The third-order valence-corrected chi connectivity index (χ3v) is 3.64. The minimum atomic E-state index is -0.610. The fraction of sp³-hybridized carbons (Fsp3) is 0.556. The molecule has 2 amide bonds. The molecule has 2 N–H and O–H groups in total. The highest BCUT2D eigenvalue weighted by atomic mass is 16.5. The van der Waals surface area contributed by atoms with Crippen molar-refractivity contribution in [2.24, 2.45) is 0 Å². The summed E-state index contributed by atoms with van der Waals surface area (Å²) in [6.07, 6.45) is 2.39. The Hall–Kier alpha value is -2.04. The van der Waals surface area contributed by atoms with E-state index in [1.807, 2.05) is 39.8 Å². The summed E-state index contributed by atoms with van der Waals surface area (Å²) < 4.78 is 5.03. The number of hydrogen-bond acceptors (Lipinski definition) is 3. The Morgan fingerprint density at radius 3 is 2.26 bits per heavy atom. The summed E-state index contributed by atoms with van der Waals surface area (Å²) in [5.74, 6) is -0.381. The van der Waals surface area contributed by atoms with Crippen LogP contribution in [0, 0.1) is 20.8 Å². The molecular weight excluding hydrogens is 292 g/mol. The molecule has 0 aliphatic heterocycles. The van der Waals surface area contributed by atoms with Crippen LogP contribution < -0.4 is 10.6 Å². The summed E-state index contributed by atoms with van der Waals surface area (Å²) in [6, 6.07) is 3.04. The molecule has 0 aromatic heterocycles. The van der Waals surface area contributed by atoms with Gasteiger partial charge in [0.25, 0.3) is 0 Å². The van der Waals surface area contributed by atoms with Crippen molar-refractivity contribution in [2.45, 2.75) is 59.9 Å². The van der Waals surface area contributed by atoms with Crippen LogP contribution in [-0.4, -0.2) is 24.6 Å². The van der Waals surface area contributed by atoms with Crippen LogP contribution in [0.4, 0.5) is 10.5 Å². The first-order valence-corrected chi connectivity index (χ1v) is 8.21. The maximum absolute atomic E-state index is 12.3. The number of carbonyl (C=O) groups is 2. The maximum atomic E-state index is 12.3. The fourth-order valence-corrected chi connectivity index (χ4v) is 2.59. The minimum Gasteiger partial charge on any atom is -0.464 e. The summed E-state index contributed by atoms with van der Waals surface area (Å²) in [5.41, 5.74) is 3.93. The lowest BCUT2D eigenvalue weighted by atomic mass is 10.1. The van der Waals surface area contributed by atoms with Crippen LogP contribution in [0.15, 0.2) is 12.1 Å². The molecule has 0 saturated heterocycles. The van der Waals surface area contributed by atoms with Crippen LogP contribution >= 0.6 is 0 Å². The number of urea groups is 1. The Bertz CT molecular complexity index is 532. The zero-order valence-electron chi connectivity index (χ0n) is 14.8.